The molecule has 1 aliphatic heterocycles. The molecule has 1 atom stereocenters. The van der Waals surface area contributed by atoms with Gasteiger partial charge < -0.3 is 15.2 Å². The molecule has 0 amide bonds. The standard InChI is InChI=1S/C16H24FNO2S/c1-16(2)11-14(18-6-9-21-8-3-7-19)13-5-4-12(17)10-15(13)20-16/h4-5,10,14,18-19H,3,6-9,11H2,1-2H3. The molecule has 118 valence electrons. The molecule has 0 aliphatic carbocycles. The lowest BCUT2D eigenvalue weighted by Crippen LogP contribution is -2.40. The highest BCUT2D eigenvalue weighted by Gasteiger charge is 2.33. The number of halogens is 1. The normalized spacial score (nSPS) is 19.9. The summed E-state index contributed by atoms with van der Waals surface area (Å²) in [7, 11) is 0. The Balaban J connectivity index is 1.93. The third-order valence-electron chi connectivity index (χ3n) is 3.52. The summed E-state index contributed by atoms with van der Waals surface area (Å²) in [5.41, 5.74) is 0.749. The largest absolute Gasteiger partial charge is 0.487 e. The van der Waals surface area contributed by atoms with Crippen molar-refractivity contribution in [2.75, 3.05) is 24.7 Å². The first-order valence-electron chi connectivity index (χ1n) is 7.42. The zero-order valence-electron chi connectivity index (χ0n) is 12.7. The lowest BCUT2D eigenvalue weighted by molar-refractivity contribution is 0.0660. The molecule has 21 heavy (non-hydrogen) atoms. The maximum atomic E-state index is 13.4. The first-order valence-corrected chi connectivity index (χ1v) is 8.58. The Kier molecular flexibility index (Phi) is 5.90. The van der Waals surface area contributed by atoms with E-state index in [4.69, 9.17) is 9.84 Å². The second kappa shape index (κ2) is 7.47. The van der Waals surface area contributed by atoms with Crippen LogP contribution in [-0.2, 0) is 0 Å². The Morgan fingerprint density at radius 1 is 1.43 bits per heavy atom. The van der Waals surface area contributed by atoms with E-state index in [2.05, 4.69) is 5.32 Å². The Bertz CT molecular complexity index is 468. The molecule has 5 heteroatoms. The van der Waals surface area contributed by atoms with Gasteiger partial charge in [0.15, 0.2) is 0 Å². The minimum atomic E-state index is -0.289. The predicted octanol–water partition coefficient (Wildman–Crippen LogP) is 3.13. The summed E-state index contributed by atoms with van der Waals surface area (Å²) in [6.07, 6.45) is 1.71. The summed E-state index contributed by atoms with van der Waals surface area (Å²) >= 11 is 1.84. The first kappa shape index (κ1) is 16.6. The summed E-state index contributed by atoms with van der Waals surface area (Å²) in [6.45, 7) is 5.22. The molecule has 0 saturated carbocycles. The SMILES string of the molecule is CC1(C)CC(NCCSCCCO)c2ccc(F)cc2O1. The zero-order chi connectivity index (χ0) is 15.3. The number of fused-ring (bicyclic) bond motifs is 1. The van der Waals surface area contributed by atoms with Crippen LogP contribution in [0.2, 0.25) is 0 Å². The minimum absolute atomic E-state index is 0.197. The van der Waals surface area contributed by atoms with Crippen molar-refractivity contribution in [3.8, 4) is 5.75 Å². The van der Waals surface area contributed by atoms with E-state index in [0.717, 1.165) is 36.5 Å². The van der Waals surface area contributed by atoms with Crippen molar-refractivity contribution in [2.45, 2.75) is 38.3 Å². The van der Waals surface area contributed by atoms with E-state index in [9.17, 15) is 4.39 Å². The van der Waals surface area contributed by atoms with Gasteiger partial charge in [0.25, 0.3) is 0 Å². The van der Waals surface area contributed by atoms with Gasteiger partial charge in [0.2, 0.25) is 0 Å². The third-order valence-corrected chi connectivity index (χ3v) is 4.59. The van der Waals surface area contributed by atoms with Gasteiger partial charge in [0, 0.05) is 43.0 Å². The summed E-state index contributed by atoms with van der Waals surface area (Å²) in [4.78, 5) is 0. The molecule has 2 N–H and O–H groups in total. The molecule has 1 aromatic carbocycles. The molecule has 0 radical (unpaired) electrons. The number of thioether (sulfide) groups is 1. The third kappa shape index (κ3) is 4.87. The van der Waals surface area contributed by atoms with Gasteiger partial charge in [0.05, 0.1) is 0 Å². The van der Waals surface area contributed by atoms with Crippen LogP contribution in [0.1, 0.15) is 38.3 Å². The number of hydrogen-bond donors (Lipinski definition) is 2. The molecule has 3 nitrogen and oxygen atoms in total. The van der Waals surface area contributed by atoms with Gasteiger partial charge in [-0.05, 0) is 32.1 Å². The average Bonchev–Trinajstić information content (AvgIpc) is 2.40. The van der Waals surface area contributed by atoms with Crippen molar-refractivity contribution < 1.29 is 14.2 Å². The monoisotopic (exact) mass is 313 g/mol. The van der Waals surface area contributed by atoms with E-state index in [1.165, 1.54) is 12.1 Å². The quantitative estimate of drug-likeness (QED) is 0.759. The van der Waals surface area contributed by atoms with E-state index in [1.54, 1.807) is 0 Å². The zero-order valence-corrected chi connectivity index (χ0v) is 13.5. The Hall–Kier alpha value is -0.780. The number of rotatable bonds is 7. The van der Waals surface area contributed by atoms with Crippen LogP contribution in [0.15, 0.2) is 18.2 Å². The molecular weight excluding hydrogens is 289 g/mol. The van der Waals surface area contributed by atoms with Crippen LogP contribution in [0, 0.1) is 5.82 Å². The second-order valence-corrected chi connectivity index (χ2v) is 7.17. The van der Waals surface area contributed by atoms with Crippen LogP contribution >= 0.6 is 11.8 Å². The summed E-state index contributed by atoms with van der Waals surface area (Å²) in [5.74, 6) is 2.38. The highest BCUT2D eigenvalue weighted by atomic mass is 32.2. The van der Waals surface area contributed by atoms with E-state index in [1.807, 2.05) is 31.7 Å². The number of aliphatic hydroxyl groups excluding tert-OH is 1. The van der Waals surface area contributed by atoms with Crippen LogP contribution in [0.3, 0.4) is 0 Å². The topological polar surface area (TPSA) is 41.5 Å². The summed E-state index contributed by atoms with van der Waals surface area (Å²) < 4.78 is 19.3. The van der Waals surface area contributed by atoms with E-state index < -0.39 is 0 Å². The van der Waals surface area contributed by atoms with Crippen molar-refractivity contribution in [1.29, 1.82) is 0 Å². The smallest absolute Gasteiger partial charge is 0.127 e. The van der Waals surface area contributed by atoms with Crippen molar-refractivity contribution in [2.24, 2.45) is 0 Å². The lowest BCUT2D eigenvalue weighted by atomic mass is 9.89. The molecule has 0 saturated heterocycles. The molecule has 0 spiro atoms. The van der Waals surface area contributed by atoms with Gasteiger partial charge in [-0.25, -0.2) is 4.39 Å². The molecule has 2 rings (SSSR count). The fourth-order valence-corrected chi connectivity index (χ4v) is 3.38. The number of aliphatic hydroxyl groups is 1. The Morgan fingerprint density at radius 2 is 2.24 bits per heavy atom. The molecule has 1 unspecified atom stereocenters. The van der Waals surface area contributed by atoms with Gasteiger partial charge in [-0.1, -0.05) is 6.07 Å². The molecule has 0 aromatic heterocycles. The molecule has 0 fully saturated rings. The summed E-state index contributed by atoms with van der Waals surface area (Å²) in [6, 6.07) is 4.98. The Labute approximate surface area is 130 Å². The van der Waals surface area contributed by atoms with Crippen LogP contribution in [0.25, 0.3) is 0 Å². The van der Waals surface area contributed by atoms with E-state index in [0.29, 0.717) is 5.75 Å². The maximum absolute atomic E-state index is 13.4. The van der Waals surface area contributed by atoms with Gasteiger partial charge in [-0.2, -0.15) is 11.8 Å². The number of benzene rings is 1. The van der Waals surface area contributed by atoms with Gasteiger partial charge >= 0.3 is 0 Å². The number of hydrogen-bond acceptors (Lipinski definition) is 4. The van der Waals surface area contributed by atoms with Crippen LogP contribution in [0.4, 0.5) is 4.39 Å². The van der Waals surface area contributed by atoms with Crippen molar-refractivity contribution in [3.63, 3.8) is 0 Å². The van der Waals surface area contributed by atoms with Gasteiger partial charge in [-0.15, -0.1) is 0 Å². The van der Waals surface area contributed by atoms with Gasteiger partial charge in [0.1, 0.15) is 17.2 Å². The second-order valence-electron chi connectivity index (χ2n) is 5.94. The van der Waals surface area contributed by atoms with Crippen molar-refractivity contribution in [3.05, 3.63) is 29.6 Å². The lowest BCUT2D eigenvalue weighted by Gasteiger charge is -2.38. The van der Waals surface area contributed by atoms with Gasteiger partial charge in [-0.3, -0.25) is 0 Å². The molecule has 1 aliphatic rings. The van der Waals surface area contributed by atoms with Crippen LogP contribution < -0.4 is 10.1 Å². The van der Waals surface area contributed by atoms with Crippen molar-refractivity contribution in [1.82, 2.24) is 5.32 Å². The molecular formula is C16H24FNO2S. The highest BCUT2D eigenvalue weighted by Crippen LogP contribution is 2.39. The number of ether oxygens (including phenoxy) is 1. The predicted molar refractivity (Wildman–Crippen MR) is 85.5 cm³/mol. The Morgan fingerprint density at radius 3 is 3.00 bits per heavy atom. The first-order chi connectivity index (χ1) is 10.0. The molecule has 1 heterocycles. The molecule has 0 bridgehead atoms. The maximum Gasteiger partial charge on any atom is 0.127 e. The summed E-state index contributed by atoms with van der Waals surface area (Å²) in [5, 5.41) is 12.3. The fourth-order valence-electron chi connectivity index (χ4n) is 2.58. The van der Waals surface area contributed by atoms with E-state index in [-0.39, 0.29) is 24.1 Å². The van der Waals surface area contributed by atoms with Crippen molar-refractivity contribution >= 4 is 11.8 Å². The van der Waals surface area contributed by atoms with Crippen LogP contribution in [-0.4, -0.2) is 35.4 Å². The van der Waals surface area contributed by atoms with E-state index >= 15 is 0 Å². The fraction of sp³-hybridized carbons (Fsp3) is 0.625. The minimum Gasteiger partial charge on any atom is -0.487 e. The number of nitrogens with one attached hydrogen (secondary N) is 1. The molecule has 1 aromatic rings. The van der Waals surface area contributed by atoms with Crippen LogP contribution in [0.5, 0.6) is 5.75 Å². The highest BCUT2D eigenvalue weighted by molar-refractivity contribution is 7.99. The average molecular weight is 313 g/mol.